The van der Waals surface area contributed by atoms with E-state index in [1.807, 2.05) is 30.3 Å². The fourth-order valence-corrected chi connectivity index (χ4v) is 2.06. The van der Waals surface area contributed by atoms with Gasteiger partial charge in [0.1, 0.15) is 23.7 Å². The van der Waals surface area contributed by atoms with E-state index in [2.05, 4.69) is 5.32 Å². The molecule has 0 aliphatic carbocycles. The number of rotatable bonds is 5. The van der Waals surface area contributed by atoms with Crippen LogP contribution in [0.25, 0.3) is 0 Å². The molecule has 0 spiro atoms. The molecule has 0 atom stereocenters. The minimum absolute atomic E-state index is 0.0806. The molecule has 2 aromatic carbocycles. The molecule has 0 saturated carbocycles. The second-order valence-corrected chi connectivity index (χ2v) is 6.61. The number of hydrogen-bond donors (Lipinski definition) is 2. The van der Waals surface area contributed by atoms with Gasteiger partial charge in [-0.15, -0.1) is 0 Å². The van der Waals surface area contributed by atoms with Crippen LogP contribution in [0.3, 0.4) is 0 Å². The van der Waals surface area contributed by atoms with E-state index in [9.17, 15) is 19.1 Å². The Labute approximate surface area is 145 Å². The number of ether oxygens (including phenoxy) is 1. The highest BCUT2D eigenvalue weighted by atomic mass is 19.1. The maximum absolute atomic E-state index is 13.9. The Morgan fingerprint density at radius 1 is 1.16 bits per heavy atom. The molecule has 132 valence electrons. The molecular weight excluding hydrogens is 325 g/mol. The van der Waals surface area contributed by atoms with E-state index < -0.39 is 23.1 Å². The smallest absolute Gasteiger partial charge is 0.341 e. The van der Waals surface area contributed by atoms with Gasteiger partial charge in [0.05, 0.1) is 5.69 Å². The Morgan fingerprint density at radius 3 is 2.36 bits per heavy atom. The zero-order chi connectivity index (χ0) is 18.6. The van der Waals surface area contributed by atoms with Crippen molar-refractivity contribution in [3.63, 3.8) is 0 Å². The van der Waals surface area contributed by atoms with Gasteiger partial charge in [-0.05, 0) is 11.6 Å². The molecule has 0 saturated heterocycles. The molecule has 0 aromatic heterocycles. The SMILES string of the molecule is CC(C)(C)C(=O)Nc1cc(F)cc(OCc2ccccc2)c1C(=O)O. The van der Waals surface area contributed by atoms with Crippen LogP contribution in [0.2, 0.25) is 0 Å². The van der Waals surface area contributed by atoms with E-state index in [1.165, 1.54) is 0 Å². The molecule has 0 aliphatic rings. The molecule has 0 radical (unpaired) electrons. The third-order valence-electron chi connectivity index (χ3n) is 3.45. The predicted molar refractivity (Wildman–Crippen MR) is 92.2 cm³/mol. The normalized spacial score (nSPS) is 11.0. The van der Waals surface area contributed by atoms with Gasteiger partial charge in [-0.1, -0.05) is 51.1 Å². The number of carboxylic acids is 1. The number of carbonyl (C=O) groups excluding carboxylic acids is 1. The van der Waals surface area contributed by atoms with Crippen LogP contribution in [0.1, 0.15) is 36.7 Å². The Hall–Kier alpha value is -2.89. The number of amides is 1. The first kappa shape index (κ1) is 18.4. The predicted octanol–water partition coefficient (Wildman–Crippen LogP) is 4.09. The molecule has 2 N–H and O–H groups in total. The van der Waals surface area contributed by atoms with Crippen LogP contribution in [0, 0.1) is 11.2 Å². The number of aromatic carboxylic acids is 1. The maximum atomic E-state index is 13.9. The lowest BCUT2D eigenvalue weighted by Gasteiger charge is -2.20. The van der Waals surface area contributed by atoms with Crippen LogP contribution < -0.4 is 10.1 Å². The number of nitrogens with one attached hydrogen (secondary N) is 1. The summed E-state index contributed by atoms with van der Waals surface area (Å²) in [6, 6.07) is 11.1. The average Bonchev–Trinajstić information content (AvgIpc) is 2.52. The van der Waals surface area contributed by atoms with Crippen LogP contribution in [0.15, 0.2) is 42.5 Å². The molecule has 2 aromatic rings. The van der Waals surface area contributed by atoms with E-state index in [4.69, 9.17) is 4.74 Å². The third kappa shape index (κ3) is 4.79. The highest BCUT2D eigenvalue weighted by molar-refractivity contribution is 6.03. The fourth-order valence-electron chi connectivity index (χ4n) is 2.06. The van der Waals surface area contributed by atoms with Crippen molar-refractivity contribution in [3.05, 3.63) is 59.4 Å². The Morgan fingerprint density at radius 2 is 1.80 bits per heavy atom. The summed E-state index contributed by atoms with van der Waals surface area (Å²) in [5.74, 6) is -2.57. The molecule has 0 unspecified atom stereocenters. The summed E-state index contributed by atoms with van der Waals surface area (Å²) >= 11 is 0. The van der Waals surface area contributed by atoms with Crippen molar-refractivity contribution in [2.45, 2.75) is 27.4 Å². The average molecular weight is 345 g/mol. The Kier molecular flexibility index (Phi) is 5.41. The van der Waals surface area contributed by atoms with E-state index >= 15 is 0 Å². The van der Waals surface area contributed by atoms with Gasteiger partial charge in [0.25, 0.3) is 0 Å². The molecule has 0 aliphatic heterocycles. The number of benzene rings is 2. The number of carbonyl (C=O) groups is 2. The van der Waals surface area contributed by atoms with Crippen LogP contribution in [-0.4, -0.2) is 17.0 Å². The zero-order valence-electron chi connectivity index (χ0n) is 14.3. The molecule has 0 bridgehead atoms. The molecule has 6 heteroatoms. The van der Waals surface area contributed by atoms with Gasteiger partial charge in [-0.2, -0.15) is 0 Å². The molecule has 25 heavy (non-hydrogen) atoms. The Balaban J connectivity index is 2.35. The monoisotopic (exact) mass is 345 g/mol. The maximum Gasteiger partial charge on any atom is 0.341 e. The summed E-state index contributed by atoms with van der Waals surface area (Å²) in [6.07, 6.45) is 0. The van der Waals surface area contributed by atoms with Crippen molar-refractivity contribution >= 4 is 17.6 Å². The number of carboxylic acid groups (broad SMARTS) is 1. The molecule has 0 heterocycles. The van der Waals surface area contributed by atoms with E-state index in [0.717, 1.165) is 17.7 Å². The van der Waals surface area contributed by atoms with Crippen LogP contribution in [-0.2, 0) is 11.4 Å². The van der Waals surface area contributed by atoms with Crippen LogP contribution in [0.5, 0.6) is 5.75 Å². The number of anilines is 1. The lowest BCUT2D eigenvalue weighted by molar-refractivity contribution is -0.123. The largest absolute Gasteiger partial charge is 0.488 e. The molecule has 5 nitrogen and oxygen atoms in total. The summed E-state index contributed by atoms with van der Waals surface area (Å²) in [4.78, 5) is 23.8. The minimum atomic E-state index is -1.31. The lowest BCUT2D eigenvalue weighted by atomic mass is 9.95. The second-order valence-electron chi connectivity index (χ2n) is 6.61. The van der Waals surface area contributed by atoms with Crippen LogP contribution >= 0.6 is 0 Å². The van der Waals surface area contributed by atoms with E-state index in [1.54, 1.807) is 20.8 Å². The molecular formula is C19H20FNO4. The third-order valence-corrected chi connectivity index (χ3v) is 3.45. The lowest BCUT2D eigenvalue weighted by Crippen LogP contribution is -2.28. The van der Waals surface area contributed by atoms with Gasteiger partial charge in [0, 0.05) is 11.5 Å². The highest BCUT2D eigenvalue weighted by Crippen LogP contribution is 2.30. The van der Waals surface area contributed by atoms with Crippen molar-refractivity contribution in [1.29, 1.82) is 0 Å². The van der Waals surface area contributed by atoms with Gasteiger partial charge in [-0.25, -0.2) is 9.18 Å². The summed E-state index contributed by atoms with van der Waals surface area (Å²) in [6.45, 7) is 5.11. The summed E-state index contributed by atoms with van der Waals surface area (Å²) < 4.78 is 19.4. The van der Waals surface area contributed by atoms with Crippen LogP contribution in [0.4, 0.5) is 10.1 Å². The quantitative estimate of drug-likeness (QED) is 0.856. The van der Waals surface area contributed by atoms with Gasteiger partial charge in [0.15, 0.2) is 0 Å². The fraction of sp³-hybridized carbons (Fsp3) is 0.263. The second kappa shape index (κ2) is 7.34. The molecule has 0 fully saturated rings. The topological polar surface area (TPSA) is 75.6 Å². The van der Waals surface area contributed by atoms with Crippen molar-refractivity contribution in [2.75, 3.05) is 5.32 Å². The van der Waals surface area contributed by atoms with Gasteiger partial charge in [-0.3, -0.25) is 4.79 Å². The van der Waals surface area contributed by atoms with E-state index in [-0.39, 0.29) is 23.6 Å². The summed E-state index contributed by atoms with van der Waals surface area (Å²) in [5, 5.41) is 12.0. The number of halogens is 1. The summed E-state index contributed by atoms with van der Waals surface area (Å²) in [7, 11) is 0. The van der Waals surface area contributed by atoms with Gasteiger partial charge >= 0.3 is 5.97 Å². The minimum Gasteiger partial charge on any atom is -0.488 e. The molecule has 2 rings (SSSR count). The first-order chi connectivity index (χ1) is 11.7. The first-order valence-corrected chi connectivity index (χ1v) is 7.73. The van der Waals surface area contributed by atoms with E-state index in [0.29, 0.717) is 0 Å². The standard InChI is InChI=1S/C19H20FNO4/c1-19(2,3)18(24)21-14-9-13(20)10-15(16(14)17(22)23)25-11-12-7-5-4-6-8-12/h4-10H,11H2,1-3H3,(H,21,24)(H,22,23). The zero-order valence-corrected chi connectivity index (χ0v) is 14.3. The van der Waals surface area contributed by atoms with Crippen molar-refractivity contribution in [2.24, 2.45) is 5.41 Å². The highest BCUT2D eigenvalue weighted by Gasteiger charge is 2.26. The summed E-state index contributed by atoms with van der Waals surface area (Å²) in [5.41, 5.74) is -0.360. The number of hydrogen-bond acceptors (Lipinski definition) is 3. The molecule has 1 amide bonds. The van der Waals surface area contributed by atoms with Gasteiger partial charge in [0.2, 0.25) is 5.91 Å². The van der Waals surface area contributed by atoms with Gasteiger partial charge < -0.3 is 15.2 Å². The van der Waals surface area contributed by atoms with Crippen molar-refractivity contribution in [1.82, 2.24) is 0 Å². The van der Waals surface area contributed by atoms with Crippen molar-refractivity contribution < 1.29 is 23.8 Å². The van der Waals surface area contributed by atoms with Crippen molar-refractivity contribution in [3.8, 4) is 5.75 Å². The first-order valence-electron chi connectivity index (χ1n) is 7.73. The Bertz CT molecular complexity index is 782.